The Labute approximate surface area is 188 Å². The largest absolute Gasteiger partial charge is 0.466 e. The number of anilines is 1. The van der Waals surface area contributed by atoms with E-state index in [0.717, 1.165) is 22.3 Å². The van der Waals surface area contributed by atoms with Gasteiger partial charge >= 0.3 is 5.97 Å². The summed E-state index contributed by atoms with van der Waals surface area (Å²) < 4.78 is 22.4. The summed E-state index contributed by atoms with van der Waals surface area (Å²) >= 11 is 0. The molecular weight excluding hydrogens is 423 g/mol. The zero-order chi connectivity index (χ0) is 23.1. The van der Waals surface area contributed by atoms with Crippen molar-refractivity contribution in [1.29, 1.82) is 0 Å². The van der Waals surface area contributed by atoms with E-state index in [9.17, 15) is 9.18 Å². The molecule has 0 aliphatic carbocycles. The number of hydrogen-bond acceptors (Lipinski definition) is 6. The Morgan fingerprint density at radius 3 is 2.64 bits per heavy atom. The number of carbonyl (C=O) groups is 1. The Morgan fingerprint density at radius 2 is 1.88 bits per heavy atom. The van der Waals surface area contributed by atoms with Crippen molar-refractivity contribution in [3.63, 3.8) is 0 Å². The topological polar surface area (TPSA) is 100 Å². The molecule has 9 heteroatoms. The lowest BCUT2D eigenvalue weighted by Crippen LogP contribution is -2.07. The second-order valence-corrected chi connectivity index (χ2v) is 7.67. The molecule has 33 heavy (non-hydrogen) atoms. The minimum atomic E-state index is -0.371. The second kappa shape index (κ2) is 8.01. The number of fused-ring (bicyclic) bond motifs is 2. The van der Waals surface area contributed by atoms with Crippen LogP contribution >= 0.6 is 0 Å². The minimum absolute atomic E-state index is 0.0149. The van der Waals surface area contributed by atoms with E-state index in [1.165, 1.54) is 12.1 Å². The van der Waals surface area contributed by atoms with E-state index < -0.39 is 0 Å². The fourth-order valence-corrected chi connectivity index (χ4v) is 3.92. The average molecular weight is 444 g/mol. The first-order valence-corrected chi connectivity index (χ1v) is 10.4. The summed E-state index contributed by atoms with van der Waals surface area (Å²) in [5.41, 5.74) is 11.9. The van der Waals surface area contributed by atoms with Crippen molar-refractivity contribution >= 4 is 28.5 Å². The van der Waals surface area contributed by atoms with Crippen LogP contribution in [0, 0.1) is 5.82 Å². The van der Waals surface area contributed by atoms with Crippen molar-refractivity contribution in [3.05, 3.63) is 66.5 Å². The van der Waals surface area contributed by atoms with Crippen LogP contribution < -0.4 is 5.73 Å². The quantitative estimate of drug-likeness (QED) is 0.414. The number of halogens is 1. The maximum absolute atomic E-state index is 13.6. The molecule has 0 unspecified atom stereocenters. The normalized spacial score (nSPS) is 11.4. The van der Waals surface area contributed by atoms with Crippen molar-refractivity contribution in [2.75, 3.05) is 12.3 Å². The number of aryl methyl sites for hydroxylation is 1. The highest BCUT2D eigenvalue weighted by atomic mass is 19.1. The molecule has 0 fully saturated rings. The van der Waals surface area contributed by atoms with E-state index in [0.29, 0.717) is 29.2 Å². The zero-order valence-electron chi connectivity index (χ0n) is 18.1. The summed E-state index contributed by atoms with van der Waals surface area (Å²) in [6.45, 7) is 2.05. The number of nitrogens with two attached hydrogens (primary N) is 1. The first kappa shape index (κ1) is 20.6. The lowest BCUT2D eigenvalue weighted by Gasteiger charge is -2.14. The lowest BCUT2D eigenvalue weighted by atomic mass is 10.0. The smallest absolute Gasteiger partial charge is 0.311 e. The van der Waals surface area contributed by atoms with E-state index in [1.54, 1.807) is 31.6 Å². The third kappa shape index (κ3) is 3.67. The molecule has 0 aliphatic heterocycles. The van der Waals surface area contributed by atoms with Gasteiger partial charge in [-0.05, 0) is 43.3 Å². The predicted molar refractivity (Wildman–Crippen MR) is 123 cm³/mol. The number of nitrogens with zero attached hydrogens (tertiary/aromatic N) is 5. The molecule has 0 saturated heterocycles. The van der Waals surface area contributed by atoms with Gasteiger partial charge in [0.1, 0.15) is 5.82 Å². The van der Waals surface area contributed by atoms with Gasteiger partial charge in [0.15, 0.2) is 11.5 Å². The van der Waals surface area contributed by atoms with E-state index in [2.05, 4.69) is 15.0 Å². The van der Waals surface area contributed by atoms with Crippen LogP contribution in [0.3, 0.4) is 0 Å². The fourth-order valence-electron chi connectivity index (χ4n) is 3.92. The molecule has 0 spiro atoms. The summed E-state index contributed by atoms with van der Waals surface area (Å²) in [4.78, 5) is 25.6. The SMILES string of the molecule is CCOC(=O)Cc1cn2c(-c3ccc4ncn(C)c4c3)c(-c3ccc(F)cc3)nc(N)c2n1. The van der Waals surface area contributed by atoms with Crippen LogP contribution in [0.5, 0.6) is 0 Å². The van der Waals surface area contributed by atoms with Gasteiger partial charge in [-0.25, -0.2) is 19.3 Å². The van der Waals surface area contributed by atoms with Gasteiger partial charge < -0.3 is 15.0 Å². The molecule has 166 valence electrons. The van der Waals surface area contributed by atoms with Gasteiger partial charge in [-0.3, -0.25) is 9.20 Å². The molecule has 0 saturated carbocycles. The highest BCUT2D eigenvalue weighted by Crippen LogP contribution is 2.35. The van der Waals surface area contributed by atoms with Crippen LogP contribution in [-0.2, 0) is 23.0 Å². The Balaban J connectivity index is 1.78. The molecule has 0 radical (unpaired) electrons. The Morgan fingerprint density at radius 1 is 1.12 bits per heavy atom. The molecule has 2 N–H and O–H groups in total. The van der Waals surface area contributed by atoms with Gasteiger partial charge in [-0.2, -0.15) is 0 Å². The molecule has 8 nitrogen and oxygen atoms in total. The molecule has 0 aliphatic rings. The second-order valence-electron chi connectivity index (χ2n) is 7.67. The number of esters is 1. The van der Waals surface area contributed by atoms with Gasteiger partial charge in [0, 0.05) is 24.4 Å². The van der Waals surface area contributed by atoms with Gasteiger partial charge in [0.25, 0.3) is 0 Å². The highest BCUT2D eigenvalue weighted by Gasteiger charge is 2.20. The van der Waals surface area contributed by atoms with Crippen molar-refractivity contribution in [3.8, 4) is 22.5 Å². The molecule has 2 aromatic carbocycles. The Kier molecular flexibility index (Phi) is 5.01. The number of nitrogen functional groups attached to an aromatic ring is 1. The standard InChI is InChI=1S/C24H21FN6O2/c1-3-33-20(32)11-17-12-31-22(15-6-9-18-19(10-15)30(2)13-27-18)21(29-23(26)24(31)28-17)14-4-7-16(25)8-5-14/h4-10,12-13H,3,11H2,1-2H3,(H2,26,29). The van der Waals surface area contributed by atoms with Crippen molar-refractivity contribution in [2.45, 2.75) is 13.3 Å². The number of imidazole rings is 2. The maximum atomic E-state index is 13.6. The third-order valence-electron chi connectivity index (χ3n) is 5.43. The summed E-state index contributed by atoms with van der Waals surface area (Å²) in [5.74, 6) is -0.510. The van der Waals surface area contributed by atoms with E-state index in [-0.39, 0.29) is 24.0 Å². The monoisotopic (exact) mass is 444 g/mol. The molecule has 3 aromatic heterocycles. The highest BCUT2D eigenvalue weighted by molar-refractivity contribution is 5.88. The lowest BCUT2D eigenvalue weighted by molar-refractivity contribution is -0.142. The van der Waals surface area contributed by atoms with Crippen molar-refractivity contribution < 1.29 is 13.9 Å². The number of ether oxygens (including phenoxy) is 1. The number of benzene rings is 2. The molecule has 0 bridgehead atoms. The van der Waals surface area contributed by atoms with Crippen molar-refractivity contribution in [1.82, 2.24) is 23.9 Å². The van der Waals surface area contributed by atoms with Gasteiger partial charge in [0.05, 0.1) is 47.5 Å². The fraction of sp³-hybridized carbons (Fsp3) is 0.167. The number of aromatic nitrogens is 5. The summed E-state index contributed by atoms with van der Waals surface area (Å²) in [6.07, 6.45) is 3.53. The number of carbonyl (C=O) groups excluding carboxylic acids is 1. The molecule has 5 aromatic rings. The van der Waals surface area contributed by atoms with E-state index in [1.807, 2.05) is 34.2 Å². The summed E-state index contributed by atoms with van der Waals surface area (Å²) in [7, 11) is 1.92. The third-order valence-corrected chi connectivity index (χ3v) is 5.43. The van der Waals surface area contributed by atoms with E-state index in [4.69, 9.17) is 10.5 Å². The molecule has 3 heterocycles. The van der Waals surface area contributed by atoms with Gasteiger partial charge in [-0.15, -0.1) is 0 Å². The van der Waals surface area contributed by atoms with Crippen LogP contribution in [0.15, 0.2) is 55.0 Å². The summed E-state index contributed by atoms with van der Waals surface area (Å²) in [5, 5.41) is 0. The predicted octanol–water partition coefficient (Wildman–Crippen LogP) is 3.78. The van der Waals surface area contributed by atoms with Crippen LogP contribution in [-0.4, -0.2) is 36.5 Å². The number of hydrogen-bond donors (Lipinski definition) is 1. The molecule has 5 rings (SSSR count). The van der Waals surface area contributed by atoms with Crippen LogP contribution in [0.1, 0.15) is 12.6 Å². The minimum Gasteiger partial charge on any atom is -0.466 e. The van der Waals surface area contributed by atoms with Crippen LogP contribution in [0.25, 0.3) is 39.2 Å². The van der Waals surface area contributed by atoms with E-state index >= 15 is 0 Å². The molecule has 0 atom stereocenters. The first-order chi connectivity index (χ1) is 15.9. The zero-order valence-corrected chi connectivity index (χ0v) is 18.1. The summed E-state index contributed by atoms with van der Waals surface area (Å²) in [6, 6.07) is 12.0. The van der Waals surface area contributed by atoms with Gasteiger partial charge in [0.2, 0.25) is 0 Å². The molecular formula is C24H21FN6O2. The molecule has 0 amide bonds. The van der Waals surface area contributed by atoms with Crippen LogP contribution in [0.2, 0.25) is 0 Å². The van der Waals surface area contributed by atoms with Crippen LogP contribution in [0.4, 0.5) is 10.2 Å². The Hall–Kier alpha value is -4.27. The number of rotatable bonds is 5. The maximum Gasteiger partial charge on any atom is 0.311 e. The Bertz CT molecular complexity index is 1500. The first-order valence-electron chi connectivity index (χ1n) is 10.4. The van der Waals surface area contributed by atoms with Crippen molar-refractivity contribution in [2.24, 2.45) is 7.05 Å². The van der Waals surface area contributed by atoms with Gasteiger partial charge in [-0.1, -0.05) is 6.07 Å². The average Bonchev–Trinajstić information content (AvgIpc) is 3.38.